The lowest BCUT2D eigenvalue weighted by Crippen LogP contribution is -2.85. The predicted molar refractivity (Wildman–Crippen MR) is 91.0 cm³/mol. The van der Waals surface area contributed by atoms with Gasteiger partial charge in [0.25, 0.3) is 0 Å². The van der Waals surface area contributed by atoms with Crippen molar-refractivity contribution in [2.75, 3.05) is 19.9 Å². The summed E-state index contributed by atoms with van der Waals surface area (Å²) in [5.41, 5.74) is 1.75. The van der Waals surface area contributed by atoms with Crippen molar-refractivity contribution >= 4 is 5.78 Å². The Morgan fingerprint density at radius 2 is 1.96 bits per heavy atom. The average molecular weight is 344 g/mol. The zero-order valence-electron chi connectivity index (χ0n) is 14.1. The highest BCUT2D eigenvalue weighted by Gasteiger charge is 2.14. The molecule has 3 N–H and O–H groups in total. The lowest BCUT2D eigenvalue weighted by Gasteiger charge is -2.12. The summed E-state index contributed by atoms with van der Waals surface area (Å²) < 4.78 is 16.2. The number of carbonyl (C=O) groups is 1. The Morgan fingerprint density at radius 3 is 2.72 bits per heavy atom. The number of rotatable bonds is 8. The third-order valence-electron chi connectivity index (χ3n) is 3.96. The van der Waals surface area contributed by atoms with Crippen molar-refractivity contribution in [1.29, 1.82) is 0 Å². The first kappa shape index (κ1) is 17.3. The smallest absolute Gasteiger partial charge is 0.231 e. The van der Waals surface area contributed by atoms with Crippen LogP contribution in [0.5, 0.6) is 17.2 Å². The Balaban J connectivity index is 1.39. The lowest BCUT2D eigenvalue weighted by molar-refractivity contribution is -0.676. The van der Waals surface area contributed by atoms with Gasteiger partial charge in [-0.1, -0.05) is 0 Å². The van der Waals surface area contributed by atoms with Gasteiger partial charge in [-0.15, -0.1) is 0 Å². The molecule has 0 unspecified atom stereocenters. The van der Waals surface area contributed by atoms with E-state index < -0.39 is 6.10 Å². The zero-order valence-corrected chi connectivity index (χ0v) is 14.1. The molecule has 6 heteroatoms. The van der Waals surface area contributed by atoms with Crippen LogP contribution in [0.4, 0.5) is 0 Å². The molecule has 0 radical (unpaired) electrons. The number of Topliss-reactive ketones (excluding diaryl/α,β-unsaturated/α-hetero) is 1. The molecule has 0 aliphatic carbocycles. The molecule has 2 aromatic carbocycles. The number of aliphatic hydroxyl groups excluding tert-OH is 1. The highest BCUT2D eigenvalue weighted by Crippen LogP contribution is 2.32. The largest absolute Gasteiger partial charge is 0.491 e. The Hall–Kier alpha value is -2.57. The fourth-order valence-electron chi connectivity index (χ4n) is 2.56. The van der Waals surface area contributed by atoms with Crippen molar-refractivity contribution in [2.45, 2.75) is 19.6 Å². The number of hydrogen-bond acceptors (Lipinski definition) is 5. The van der Waals surface area contributed by atoms with Crippen LogP contribution < -0.4 is 19.5 Å². The van der Waals surface area contributed by atoms with Gasteiger partial charge < -0.3 is 24.6 Å². The highest BCUT2D eigenvalue weighted by atomic mass is 16.7. The topological polar surface area (TPSA) is 81.6 Å². The summed E-state index contributed by atoms with van der Waals surface area (Å²) in [6.45, 7) is 3.26. The monoisotopic (exact) mass is 344 g/mol. The number of nitrogens with two attached hydrogens (primary N) is 1. The van der Waals surface area contributed by atoms with E-state index in [-0.39, 0.29) is 19.2 Å². The standard InChI is InChI=1S/C19H21NO5/c1-13(21)15-3-5-17(6-4-15)23-11-16(22)10-20-9-14-2-7-18-19(8-14)25-12-24-18/h2-8,16,20,22H,9-12H2,1H3/p+1/t16-/m0/s1. The van der Waals surface area contributed by atoms with Crippen LogP contribution in [-0.4, -0.2) is 36.9 Å². The maximum Gasteiger partial charge on any atom is 0.231 e. The Labute approximate surface area is 146 Å². The van der Waals surface area contributed by atoms with Crippen molar-refractivity contribution < 1.29 is 29.4 Å². The van der Waals surface area contributed by atoms with Gasteiger partial charge in [0, 0.05) is 11.1 Å². The minimum absolute atomic E-state index is 0.0182. The van der Waals surface area contributed by atoms with E-state index >= 15 is 0 Å². The summed E-state index contributed by atoms with van der Waals surface area (Å²) in [7, 11) is 0. The molecule has 1 atom stereocenters. The van der Waals surface area contributed by atoms with Gasteiger partial charge in [-0.2, -0.15) is 0 Å². The summed E-state index contributed by atoms with van der Waals surface area (Å²) in [6, 6.07) is 12.8. The number of ketones is 1. The number of hydrogen-bond donors (Lipinski definition) is 2. The van der Waals surface area contributed by atoms with Crippen molar-refractivity contribution in [3.05, 3.63) is 53.6 Å². The molecule has 0 saturated heterocycles. The Morgan fingerprint density at radius 1 is 1.20 bits per heavy atom. The van der Waals surface area contributed by atoms with Gasteiger partial charge in [0.1, 0.15) is 31.5 Å². The molecule has 0 aromatic heterocycles. The van der Waals surface area contributed by atoms with E-state index in [2.05, 4.69) is 0 Å². The van der Waals surface area contributed by atoms with E-state index in [1.165, 1.54) is 6.92 Å². The molecule has 3 rings (SSSR count). The van der Waals surface area contributed by atoms with Crippen LogP contribution >= 0.6 is 0 Å². The van der Waals surface area contributed by atoms with E-state index in [1.807, 2.05) is 23.5 Å². The number of benzene rings is 2. The maximum absolute atomic E-state index is 11.2. The number of fused-ring (bicyclic) bond motifs is 1. The average Bonchev–Trinajstić information content (AvgIpc) is 3.08. The van der Waals surface area contributed by atoms with Crippen molar-refractivity contribution in [1.82, 2.24) is 0 Å². The van der Waals surface area contributed by atoms with Gasteiger partial charge in [-0.3, -0.25) is 4.79 Å². The molecule has 0 spiro atoms. The van der Waals surface area contributed by atoms with Gasteiger partial charge >= 0.3 is 0 Å². The van der Waals surface area contributed by atoms with E-state index in [0.717, 1.165) is 23.6 Å². The molecule has 6 nitrogen and oxygen atoms in total. The molecule has 1 aliphatic rings. The second kappa shape index (κ2) is 8.00. The maximum atomic E-state index is 11.2. The van der Waals surface area contributed by atoms with Crippen LogP contribution in [0.1, 0.15) is 22.8 Å². The third kappa shape index (κ3) is 4.71. The van der Waals surface area contributed by atoms with Gasteiger partial charge in [-0.05, 0) is 49.4 Å². The van der Waals surface area contributed by atoms with E-state index in [0.29, 0.717) is 17.9 Å². The summed E-state index contributed by atoms with van der Waals surface area (Å²) in [5.74, 6) is 2.20. The van der Waals surface area contributed by atoms with E-state index in [9.17, 15) is 9.90 Å². The minimum Gasteiger partial charge on any atom is -0.491 e. The number of carbonyl (C=O) groups excluding carboxylic acids is 1. The number of ether oxygens (including phenoxy) is 3. The summed E-state index contributed by atoms with van der Waals surface area (Å²) in [5, 5.41) is 12.0. The van der Waals surface area contributed by atoms with Crippen LogP contribution in [0, 0.1) is 0 Å². The predicted octanol–water partition coefficient (Wildman–Crippen LogP) is 1.12. The number of aliphatic hydroxyl groups is 1. The lowest BCUT2D eigenvalue weighted by atomic mass is 10.1. The Bertz CT molecular complexity index is 729. The normalized spacial score (nSPS) is 13.5. The molecule has 0 bridgehead atoms. The number of quaternary nitrogens is 1. The van der Waals surface area contributed by atoms with Crippen LogP contribution in [0.15, 0.2) is 42.5 Å². The zero-order chi connectivity index (χ0) is 17.6. The molecule has 0 amide bonds. The summed E-state index contributed by atoms with van der Waals surface area (Å²) in [4.78, 5) is 11.2. The fourth-order valence-corrected chi connectivity index (χ4v) is 2.56. The molecule has 25 heavy (non-hydrogen) atoms. The molecule has 0 fully saturated rings. The molecule has 2 aromatic rings. The van der Waals surface area contributed by atoms with Crippen LogP contribution in [-0.2, 0) is 6.54 Å². The van der Waals surface area contributed by atoms with Crippen LogP contribution in [0.2, 0.25) is 0 Å². The van der Waals surface area contributed by atoms with Gasteiger partial charge in [0.2, 0.25) is 6.79 Å². The van der Waals surface area contributed by atoms with Crippen molar-refractivity contribution in [2.24, 2.45) is 0 Å². The first-order chi connectivity index (χ1) is 12.1. The summed E-state index contributed by atoms with van der Waals surface area (Å²) in [6.07, 6.45) is -0.582. The minimum atomic E-state index is -0.582. The summed E-state index contributed by atoms with van der Waals surface area (Å²) >= 11 is 0. The molecular weight excluding hydrogens is 322 g/mol. The first-order valence-electron chi connectivity index (χ1n) is 8.24. The highest BCUT2D eigenvalue weighted by molar-refractivity contribution is 5.94. The van der Waals surface area contributed by atoms with Crippen molar-refractivity contribution in [3.8, 4) is 17.2 Å². The molecule has 1 heterocycles. The quantitative estimate of drug-likeness (QED) is 0.702. The molecule has 132 valence electrons. The second-order valence-electron chi connectivity index (χ2n) is 5.96. The van der Waals surface area contributed by atoms with Crippen LogP contribution in [0.3, 0.4) is 0 Å². The molecular formula is C19H22NO5+. The third-order valence-corrected chi connectivity index (χ3v) is 3.96. The fraction of sp³-hybridized carbons (Fsp3) is 0.316. The van der Waals surface area contributed by atoms with Gasteiger partial charge in [0.15, 0.2) is 17.3 Å². The van der Waals surface area contributed by atoms with E-state index in [4.69, 9.17) is 14.2 Å². The Kier molecular flexibility index (Phi) is 5.53. The van der Waals surface area contributed by atoms with Gasteiger partial charge in [0.05, 0.1) is 0 Å². The second-order valence-corrected chi connectivity index (χ2v) is 5.96. The van der Waals surface area contributed by atoms with Crippen LogP contribution in [0.25, 0.3) is 0 Å². The van der Waals surface area contributed by atoms with Gasteiger partial charge in [-0.25, -0.2) is 0 Å². The molecule has 1 aliphatic heterocycles. The first-order valence-corrected chi connectivity index (χ1v) is 8.24. The molecule has 0 saturated carbocycles. The van der Waals surface area contributed by atoms with Crippen molar-refractivity contribution in [3.63, 3.8) is 0 Å². The SMILES string of the molecule is CC(=O)c1ccc(OC[C@@H](O)C[NH2+]Cc2ccc3c(c2)OCO3)cc1. The van der Waals surface area contributed by atoms with E-state index in [1.54, 1.807) is 24.3 Å².